The van der Waals surface area contributed by atoms with Crippen molar-refractivity contribution in [2.75, 3.05) is 6.26 Å². The summed E-state index contributed by atoms with van der Waals surface area (Å²) in [6.45, 7) is -1.47. The van der Waals surface area contributed by atoms with Crippen molar-refractivity contribution in [2.24, 2.45) is 0 Å². The number of rotatable bonds is 6. The number of furan rings is 1. The van der Waals surface area contributed by atoms with Gasteiger partial charge < -0.3 is 14.8 Å². The minimum absolute atomic E-state index is 0.0321. The summed E-state index contributed by atoms with van der Waals surface area (Å²) < 4.78 is 46.6. The van der Waals surface area contributed by atoms with Crippen LogP contribution in [0, 0.1) is 0 Å². The molecule has 2 heterocycles. The Bertz CT molecular complexity index is 1530. The third-order valence-corrected chi connectivity index (χ3v) is 7.29. The zero-order valence-electron chi connectivity index (χ0n) is 19.6. The van der Waals surface area contributed by atoms with Gasteiger partial charge in [0.1, 0.15) is 17.7 Å². The van der Waals surface area contributed by atoms with E-state index in [1.165, 1.54) is 0 Å². The molecule has 0 spiro atoms. The molecule has 0 atom stereocenters. The minimum atomic E-state index is -4.61. The van der Waals surface area contributed by atoms with Gasteiger partial charge in [-0.05, 0) is 36.6 Å². The molecule has 1 amide bonds. The lowest BCUT2D eigenvalue weighted by atomic mass is 9.72. The van der Waals surface area contributed by atoms with Gasteiger partial charge >= 0.3 is 12.3 Å². The highest BCUT2D eigenvalue weighted by Gasteiger charge is 2.40. The van der Waals surface area contributed by atoms with Gasteiger partial charge in [-0.15, -0.1) is 0 Å². The fraction of sp³-hybridized carbons (Fsp3) is 0.269. The first-order valence-corrected chi connectivity index (χ1v) is 12.7. The molecule has 7 nitrogen and oxygen atoms in total. The van der Waals surface area contributed by atoms with Crippen LogP contribution in [0.4, 0.5) is 18.0 Å². The maximum atomic E-state index is 13.4. The fourth-order valence-electron chi connectivity index (χ4n) is 4.78. The highest BCUT2D eigenvalue weighted by Crippen LogP contribution is 2.43. The molecular weight excluding hydrogens is 507 g/mol. The van der Waals surface area contributed by atoms with Crippen LogP contribution in [0.25, 0.3) is 33.6 Å². The molecule has 0 saturated heterocycles. The number of nitrogens with one attached hydrogen (secondary N) is 1. The number of alkyl halides is 3. The van der Waals surface area contributed by atoms with Crippen LogP contribution >= 0.6 is 11.8 Å². The van der Waals surface area contributed by atoms with Gasteiger partial charge in [0.15, 0.2) is 5.16 Å². The van der Waals surface area contributed by atoms with E-state index in [1.54, 1.807) is 60.9 Å². The summed E-state index contributed by atoms with van der Waals surface area (Å²) >= 11 is 0.927. The van der Waals surface area contributed by atoms with Gasteiger partial charge in [0.2, 0.25) is 5.71 Å². The molecule has 0 radical (unpaired) electrons. The predicted molar refractivity (Wildman–Crippen MR) is 134 cm³/mol. The van der Waals surface area contributed by atoms with Gasteiger partial charge in [0.05, 0.1) is 5.54 Å². The van der Waals surface area contributed by atoms with E-state index in [0.29, 0.717) is 39.9 Å². The molecule has 1 saturated carbocycles. The minimum Gasteiger partial charge on any atom is -0.465 e. The number of hydrogen-bond donors (Lipinski definition) is 2. The first-order valence-electron chi connectivity index (χ1n) is 11.5. The Morgan fingerprint density at radius 2 is 1.81 bits per heavy atom. The monoisotopic (exact) mass is 529 g/mol. The molecule has 0 bridgehead atoms. The molecule has 1 fully saturated rings. The molecule has 2 N–H and O–H groups in total. The third kappa shape index (κ3) is 4.59. The molecule has 5 rings (SSSR count). The molecule has 37 heavy (non-hydrogen) atoms. The number of thioether (sulfide) groups is 1. The third-order valence-electron chi connectivity index (χ3n) is 6.61. The van der Waals surface area contributed by atoms with E-state index in [2.05, 4.69) is 10.3 Å². The first kappa shape index (κ1) is 24.9. The largest absolute Gasteiger partial charge is 0.465 e. The summed E-state index contributed by atoms with van der Waals surface area (Å²) in [5.74, 6) is 0.294. The number of carboxylic acid groups (broad SMARTS) is 1. The van der Waals surface area contributed by atoms with Crippen LogP contribution in [0.5, 0.6) is 0 Å². The van der Waals surface area contributed by atoms with Crippen molar-refractivity contribution in [1.82, 2.24) is 14.9 Å². The van der Waals surface area contributed by atoms with Crippen LogP contribution in [0.2, 0.25) is 0 Å². The maximum absolute atomic E-state index is 13.4. The number of nitrogens with zero attached hydrogens (tertiary/aromatic N) is 2. The molecule has 11 heteroatoms. The molecule has 1 aliphatic carbocycles. The summed E-state index contributed by atoms with van der Waals surface area (Å²) in [6, 6.07) is 15.9. The normalized spacial score (nSPS) is 14.9. The summed E-state index contributed by atoms with van der Waals surface area (Å²) in [6.07, 6.45) is -1.91. The first-order chi connectivity index (χ1) is 17.6. The van der Waals surface area contributed by atoms with Crippen LogP contribution in [0.3, 0.4) is 0 Å². The predicted octanol–water partition coefficient (Wildman–Crippen LogP) is 6.25. The summed E-state index contributed by atoms with van der Waals surface area (Å²) in [7, 11) is 0. The lowest BCUT2D eigenvalue weighted by Gasteiger charge is -2.42. The fourth-order valence-corrected chi connectivity index (χ4v) is 5.33. The Balaban J connectivity index is 1.70. The van der Waals surface area contributed by atoms with Crippen molar-refractivity contribution in [3.05, 3.63) is 70.5 Å². The number of amides is 1. The van der Waals surface area contributed by atoms with E-state index in [4.69, 9.17) is 4.42 Å². The number of hydrogen-bond acceptors (Lipinski definition) is 5. The van der Waals surface area contributed by atoms with E-state index in [-0.39, 0.29) is 16.3 Å². The molecule has 0 aliphatic heterocycles. The van der Waals surface area contributed by atoms with E-state index in [1.807, 2.05) is 0 Å². The van der Waals surface area contributed by atoms with E-state index < -0.39 is 29.9 Å². The van der Waals surface area contributed by atoms with Crippen molar-refractivity contribution in [1.29, 1.82) is 0 Å². The average molecular weight is 530 g/mol. The summed E-state index contributed by atoms with van der Waals surface area (Å²) in [5.41, 5.74) is 0.797. The highest BCUT2D eigenvalue weighted by molar-refractivity contribution is 7.98. The van der Waals surface area contributed by atoms with Gasteiger partial charge in [-0.3, -0.25) is 9.36 Å². The summed E-state index contributed by atoms with van der Waals surface area (Å²) in [5, 5.41) is 11.8. The topological polar surface area (TPSA) is 97.4 Å². The van der Waals surface area contributed by atoms with Crippen molar-refractivity contribution >= 4 is 29.0 Å². The van der Waals surface area contributed by atoms with Crippen LogP contribution < -0.4 is 10.9 Å². The number of benzene rings is 2. The molecule has 4 aromatic rings. The van der Waals surface area contributed by atoms with Gasteiger partial charge in [-0.25, -0.2) is 4.79 Å². The van der Waals surface area contributed by atoms with Crippen LogP contribution in [0.1, 0.15) is 24.8 Å². The lowest BCUT2D eigenvalue weighted by molar-refractivity contribution is -0.142. The van der Waals surface area contributed by atoms with Crippen LogP contribution in [-0.2, 0) is 12.1 Å². The van der Waals surface area contributed by atoms with Crippen molar-refractivity contribution in [3.8, 4) is 22.5 Å². The van der Waals surface area contributed by atoms with Gasteiger partial charge in [0, 0.05) is 11.1 Å². The van der Waals surface area contributed by atoms with Gasteiger partial charge in [0.25, 0.3) is 5.56 Å². The molecule has 192 valence electrons. The lowest BCUT2D eigenvalue weighted by Crippen LogP contribution is -2.50. The Morgan fingerprint density at radius 3 is 2.35 bits per heavy atom. The molecule has 2 aromatic carbocycles. The maximum Gasteiger partial charge on any atom is 0.406 e. The van der Waals surface area contributed by atoms with Crippen LogP contribution in [-0.4, -0.2) is 33.2 Å². The second-order valence-electron chi connectivity index (χ2n) is 8.90. The Kier molecular flexibility index (Phi) is 6.26. The van der Waals surface area contributed by atoms with Gasteiger partial charge in [-0.1, -0.05) is 66.4 Å². The smallest absolute Gasteiger partial charge is 0.406 e. The second kappa shape index (κ2) is 9.29. The SMILES string of the molecule is CSc1nc2oc(-c3ccc(C4(NC(=O)O)CCC4)cc3)c(-c3ccccc3)c2c(=O)n1CC(F)(F)F. The molecule has 0 unspecified atom stereocenters. The van der Waals surface area contributed by atoms with E-state index >= 15 is 0 Å². The Morgan fingerprint density at radius 1 is 1.14 bits per heavy atom. The quantitative estimate of drug-likeness (QED) is 0.226. The number of fused-ring (bicyclic) bond motifs is 1. The molecule has 1 aliphatic rings. The second-order valence-corrected chi connectivity index (χ2v) is 9.67. The average Bonchev–Trinajstić information content (AvgIpc) is 3.22. The summed E-state index contributed by atoms with van der Waals surface area (Å²) in [4.78, 5) is 29.0. The van der Waals surface area contributed by atoms with Gasteiger partial charge in [-0.2, -0.15) is 18.2 Å². The number of halogens is 3. The molecule has 2 aromatic heterocycles. The Labute approximate surface area is 213 Å². The van der Waals surface area contributed by atoms with Crippen molar-refractivity contribution in [3.63, 3.8) is 0 Å². The van der Waals surface area contributed by atoms with Crippen molar-refractivity contribution < 1.29 is 27.5 Å². The molecular formula is C26H22F3N3O4S. The van der Waals surface area contributed by atoms with Crippen LogP contribution in [0.15, 0.2) is 69.0 Å². The van der Waals surface area contributed by atoms with Crippen molar-refractivity contribution in [2.45, 2.75) is 42.7 Å². The zero-order valence-corrected chi connectivity index (χ0v) is 20.4. The standard InChI is InChI=1S/C26H22F3N3O4S/c1-37-23-30-21-19(22(33)32(23)14-26(27,28)29)18(15-6-3-2-4-7-15)20(36-21)16-8-10-17(11-9-16)25(12-5-13-25)31-24(34)35/h2-4,6-11,31H,5,12-14H2,1H3,(H,34,35). The number of carbonyl (C=O) groups is 1. The number of aromatic nitrogens is 2. The highest BCUT2D eigenvalue weighted by atomic mass is 32.2. The Hall–Kier alpha value is -3.73. The van der Waals surface area contributed by atoms with E-state index in [0.717, 1.165) is 23.7 Å². The zero-order chi connectivity index (χ0) is 26.4. The van der Waals surface area contributed by atoms with E-state index in [9.17, 15) is 27.9 Å².